The van der Waals surface area contributed by atoms with Crippen molar-refractivity contribution in [2.75, 3.05) is 20.2 Å². The van der Waals surface area contributed by atoms with Gasteiger partial charge in [-0.2, -0.15) is 0 Å². The van der Waals surface area contributed by atoms with Gasteiger partial charge in [0, 0.05) is 31.3 Å². The molecule has 0 aromatic heterocycles. The van der Waals surface area contributed by atoms with Gasteiger partial charge in [-0.15, -0.1) is 0 Å². The first kappa shape index (κ1) is 32.3. The number of phenolic OH excluding ortho intramolecular Hbond substituents is 1. The Labute approximate surface area is 241 Å². The van der Waals surface area contributed by atoms with E-state index in [1.807, 2.05) is 25.8 Å². The molecule has 224 valence electrons. The normalized spacial score (nSPS) is 23.8. The van der Waals surface area contributed by atoms with Crippen molar-refractivity contribution < 1.29 is 24.1 Å². The number of allylic oxidation sites excluding steroid dienone is 3. The lowest BCUT2D eigenvalue weighted by Gasteiger charge is -2.57. The summed E-state index contributed by atoms with van der Waals surface area (Å²) in [5.41, 5.74) is 1.15. The molecule has 1 aliphatic carbocycles. The Morgan fingerprint density at radius 1 is 1.12 bits per heavy atom. The minimum Gasteiger partial charge on any atom is -0.505 e. The number of carbonyl (C=O) groups is 1. The van der Waals surface area contributed by atoms with Gasteiger partial charge >= 0.3 is 0 Å². The number of carbonyl (C=O) groups excluding carboxylic acids is 1. The summed E-state index contributed by atoms with van der Waals surface area (Å²) in [6.07, 6.45) is 19.6. The summed E-state index contributed by atoms with van der Waals surface area (Å²) < 4.78 is 20.8. The summed E-state index contributed by atoms with van der Waals surface area (Å²) in [6.45, 7) is 7.13. The molecule has 0 radical (unpaired) electrons. The van der Waals surface area contributed by atoms with E-state index in [0.717, 1.165) is 69.9 Å². The fourth-order valence-electron chi connectivity index (χ4n) is 6.30. The topological polar surface area (TPSA) is 70.0 Å². The lowest BCUT2D eigenvalue weighted by molar-refractivity contribution is -0.223. The zero-order valence-electron chi connectivity index (χ0n) is 25.3. The number of halogens is 1. The van der Waals surface area contributed by atoms with Crippen molar-refractivity contribution in [2.45, 2.75) is 116 Å². The molecule has 2 N–H and O–H groups in total. The van der Waals surface area contributed by atoms with Gasteiger partial charge in [0.05, 0.1) is 18.3 Å². The number of hydrogen-bond acceptors (Lipinski definition) is 4. The second-order valence-electron chi connectivity index (χ2n) is 12.5. The van der Waals surface area contributed by atoms with Gasteiger partial charge in [-0.1, -0.05) is 62.5 Å². The third-order valence-corrected chi connectivity index (χ3v) is 9.31. The van der Waals surface area contributed by atoms with Crippen LogP contribution in [0.3, 0.4) is 0 Å². The van der Waals surface area contributed by atoms with E-state index in [0.29, 0.717) is 6.42 Å². The first-order valence-electron chi connectivity index (χ1n) is 15.5. The Balaban J connectivity index is 1.43. The first-order chi connectivity index (χ1) is 19.1. The van der Waals surface area contributed by atoms with E-state index in [4.69, 9.17) is 4.74 Å². The molecule has 40 heavy (non-hydrogen) atoms. The maximum atomic E-state index is 14.2. The monoisotopic (exact) mass is 557 g/mol. The van der Waals surface area contributed by atoms with E-state index in [1.54, 1.807) is 6.07 Å². The Kier molecular flexibility index (Phi) is 12.3. The van der Waals surface area contributed by atoms with Crippen molar-refractivity contribution in [3.05, 3.63) is 53.4 Å². The second kappa shape index (κ2) is 15.2. The predicted molar refractivity (Wildman–Crippen MR) is 160 cm³/mol. The van der Waals surface area contributed by atoms with Crippen molar-refractivity contribution in [3.8, 4) is 5.75 Å². The minimum atomic E-state index is -0.634. The smallest absolute Gasteiger partial charge is 0.222 e. The van der Waals surface area contributed by atoms with Crippen LogP contribution in [-0.2, 0) is 9.53 Å². The number of unbranched alkanes of at least 4 members (excludes halogenated alkanes) is 6. The summed E-state index contributed by atoms with van der Waals surface area (Å²) in [6, 6.07) is 4.54. The number of ether oxygens (including phenoxy) is 1. The highest BCUT2D eigenvalue weighted by Gasteiger charge is 2.55. The van der Waals surface area contributed by atoms with Crippen LogP contribution in [0.25, 0.3) is 0 Å². The highest BCUT2D eigenvalue weighted by Crippen LogP contribution is 2.58. The molecule has 1 saturated heterocycles. The number of nitrogens with zero attached hydrogens (tertiary/aromatic N) is 1. The van der Waals surface area contributed by atoms with Crippen LogP contribution in [0.4, 0.5) is 4.39 Å². The van der Waals surface area contributed by atoms with Gasteiger partial charge in [0.2, 0.25) is 5.91 Å². The molecule has 1 aromatic carbocycles. The Morgan fingerprint density at radius 2 is 1.85 bits per heavy atom. The van der Waals surface area contributed by atoms with Crippen molar-refractivity contribution in [1.29, 1.82) is 0 Å². The summed E-state index contributed by atoms with van der Waals surface area (Å²) in [5.74, 6) is -0.638. The molecule has 1 aromatic rings. The molecule has 0 saturated carbocycles. The SMILES string of the molecule is CCCCN(C)C(=O)CCCCCCC/C=C/CCC1=CCC2(CO)CC1C(c1ccc(O)c(F)c1)OC2(C)C. The lowest BCUT2D eigenvalue weighted by atomic mass is 9.58. The number of aliphatic hydroxyl groups is 1. The molecular formula is C34H52FNO4. The van der Waals surface area contributed by atoms with Crippen LogP contribution >= 0.6 is 0 Å². The second-order valence-corrected chi connectivity index (χ2v) is 12.5. The first-order valence-corrected chi connectivity index (χ1v) is 15.5. The Morgan fingerprint density at radius 3 is 2.58 bits per heavy atom. The van der Waals surface area contributed by atoms with Crippen LogP contribution in [0.15, 0.2) is 42.0 Å². The standard InChI is InChI=1S/C34H52FNO4/c1-5-6-22-36(4)31(39)17-15-13-11-9-7-8-10-12-14-16-26-20-21-34(25-37)24-28(26)32(40-33(34,2)3)27-18-19-30(38)29(35)23-27/h10,12,18-20,23,28,32,37-38H,5-9,11,13-17,21-22,24-25H2,1-4H3/b12-10+. The van der Waals surface area contributed by atoms with E-state index in [-0.39, 0.29) is 35.7 Å². The zero-order valence-corrected chi connectivity index (χ0v) is 25.3. The molecule has 1 fully saturated rings. The number of aliphatic hydroxyl groups excluding tert-OH is 1. The molecule has 5 nitrogen and oxygen atoms in total. The van der Waals surface area contributed by atoms with Gasteiger partial charge in [0.15, 0.2) is 11.6 Å². The predicted octanol–water partition coefficient (Wildman–Crippen LogP) is 8.02. The maximum absolute atomic E-state index is 14.2. The number of amides is 1. The average molecular weight is 558 g/mol. The van der Waals surface area contributed by atoms with E-state index in [1.165, 1.54) is 37.0 Å². The molecule has 1 amide bonds. The highest BCUT2D eigenvalue weighted by molar-refractivity contribution is 5.75. The minimum absolute atomic E-state index is 0.0587. The molecule has 0 spiro atoms. The van der Waals surface area contributed by atoms with E-state index < -0.39 is 11.4 Å². The van der Waals surface area contributed by atoms with Crippen LogP contribution in [0.1, 0.15) is 116 Å². The zero-order chi connectivity index (χ0) is 29.2. The van der Waals surface area contributed by atoms with E-state index in [2.05, 4.69) is 25.2 Å². The van der Waals surface area contributed by atoms with Crippen molar-refractivity contribution in [2.24, 2.45) is 11.3 Å². The number of aromatic hydroxyl groups is 1. The van der Waals surface area contributed by atoms with E-state index in [9.17, 15) is 19.4 Å². The largest absolute Gasteiger partial charge is 0.505 e. The van der Waals surface area contributed by atoms with Crippen LogP contribution in [-0.4, -0.2) is 46.8 Å². The fourth-order valence-corrected chi connectivity index (χ4v) is 6.30. The molecule has 1 heterocycles. The fraction of sp³-hybridized carbons (Fsp3) is 0.676. The van der Waals surface area contributed by atoms with Gasteiger partial charge in [-0.3, -0.25) is 4.79 Å². The lowest BCUT2D eigenvalue weighted by Crippen LogP contribution is -2.56. The summed E-state index contributed by atoms with van der Waals surface area (Å²) in [4.78, 5) is 14.0. The van der Waals surface area contributed by atoms with Gasteiger partial charge in [-0.05, 0) is 82.9 Å². The molecule has 2 bridgehead atoms. The molecular weight excluding hydrogens is 505 g/mol. The quantitative estimate of drug-likeness (QED) is 0.159. The summed E-state index contributed by atoms with van der Waals surface area (Å²) >= 11 is 0. The number of rotatable bonds is 16. The molecule has 3 rings (SSSR count). The third kappa shape index (κ3) is 8.19. The summed E-state index contributed by atoms with van der Waals surface area (Å²) in [5, 5.41) is 20.1. The van der Waals surface area contributed by atoms with Crippen molar-refractivity contribution in [3.63, 3.8) is 0 Å². The Bertz CT molecular complexity index is 1020. The van der Waals surface area contributed by atoms with Gasteiger partial charge in [0.1, 0.15) is 0 Å². The molecule has 2 aliphatic rings. The maximum Gasteiger partial charge on any atom is 0.222 e. The molecule has 6 heteroatoms. The Hall–Kier alpha value is -2.18. The number of fused-ring (bicyclic) bond motifs is 2. The highest BCUT2D eigenvalue weighted by atomic mass is 19.1. The number of benzene rings is 1. The van der Waals surface area contributed by atoms with Crippen molar-refractivity contribution >= 4 is 5.91 Å². The van der Waals surface area contributed by atoms with Gasteiger partial charge in [-0.25, -0.2) is 4.39 Å². The summed E-state index contributed by atoms with van der Waals surface area (Å²) in [7, 11) is 1.91. The van der Waals surface area contributed by atoms with Crippen LogP contribution in [0.5, 0.6) is 5.75 Å². The van der Waals surface area contributed by atoms with Gasteiger partial charge in [0.25, 0.3) is 0 Å². The van der Waals surface area contributed by atoms with Crippen LogP contribution in [0, 0.1) is 17.2 Å². The number of hydrogen-bond donors (Lipinski definition) is 2. The molecule has 1 aliphatic heterocycles. The number of phenols is 1. The van der Waals surface area contributed by atoms with Crippen LogP contribution < -0.4 is 0 Å². The molecule has 3 unspecified atom stereocenters. The van der Waals surface area contributed by atoms with Gasteiger partial charge < -0.3 is 19.8 Å². The average Bonchev–Trinajstić information content (AvgIpc) is 2.94. The third-order valence-electron chi connectivity index (χ3n) is 9.31. The molecule has 3 atom stereocenters. The van der Waals surface area contributed by atoms with E-state index >= 15 is 0 Å². The van der Waals surface area contributed by atoms with Crippen LogP contribution in [0.2, 0.25) is 0 Å². The van der Waals surface area contributed by atoms with Crippen molar-refractivity contribution in [1.82, 2.24) is 4.90 Å².